The summed E-state index contributed by atoms with van der Waals surface area (Å²) in [6, 6.07) is 5.86. The number of hydrogen-bond acceptors (Lipinski definition) is 7. The summed E-state index contributed by atoms with van der Waals surface area (Å²) in [4.78, 5) is 22.9. The molecule has 0 unspecified atom stereocenters. The van der Waals surface area contributed by atoms with Crippen molar-refractivity contribution >= 4 is 51.0 Å². The van der Waals surface area contributed by atoms with Crippen LogP contribution in [0.25, 0.3) is 11.0 Å². The van der Waals surface area contributed by atoms with Gasteiger partial charge < -0.3 is 24.7 Å². The molecule has 0 bridgehead atoms. The number of amides is 1. The normalized spacial score (nSPS) is 16.2. The van der Waals surface area contributed by atoms with Crippen molar-refractivity contribution in [1.29, 1.82) is 0 Å². The molecule has 0 saturated carbocycles. The predicted molar refractivity (Wildman–Crippen MR) is 121 cm³/mol. The average molecular weight is 504 g/mol. The van der Waals surface area contributed by atoms with Crippen molar-refractivity contribution in [3.05, 3.63) is 28.9 Å². The molecule has 3 aromatic rings. The van der Waals surface area contributed by atoms with Crippen molar-refractivity contribution in [2.75, 3.05) is 25.6 Å². The summed E-state index contributed by atoms with van der Waals surface area (Å²) in [6.45, 7) is 2.73. The Bertz CT molecular complexity index is 1130. The zero-order valence-electron chi connectivity index (χ0n) is 16.8. The lowest BCUT2D eigenvalue weighted by Crippen LogP contribution is -2.32. The zero-order chi connectivity index (χ0) is 21.4. The number of nitrogens with zero attached hydrogens (tertiary/aromatic N) is 4. The first-order valence-electron chi connectivity index (χ1n) is 10.2. The number of pyridine rings is 1. The number of imidazole rings is 1. The van der Waals surface area contributed by atoms with Crippen molar-refractivity contribution in [3.63, 3.8) is 0 Å². The molecule has 10 heteroatoms. The van der Waals surface area contributed by atoms with Gasteiger partial charge in [-0.15, -0.1) is 0 Å². The Morgan fingerprint density at radius 3 is 2.81 bits per heavy atom. The minimum atomic E-state index is 0.236. The molecule has 1 fully saturated rings. The van der Waals surface area contributed by atoms with E-state index in [-0.39, 0.29) is 6.79 Å². The molecule has 0 atom stereocenters. The summed E-state index contributed by atoms with van der Waals surface area (Å²) >= 11 is 5.20. The van der Waals surface area contributed by atoms with E-state index in [1.54, 1.807) is 18.0 Å². The molecule has 2 aliphatic rings. The number of nitrogens with two attached hydrogens (primary N) is 1. The van der Waals surface area contributed by atoms with Crippen molar-refractivity contribution in [2.45, 2.75) is 35.9 Å². The number of nitrogen functional groups attached to an aromatic ring is 1. The molecular formula is C21H22BrN5O3S. The highest BCUT2D eigenvalue weighted by molar-refractivity contribution is 9.10. The van der Waals surface area contributed by atoms with E-state index in [0.29, 0.717) is 11.7 Å². The number of carbonyl (C=O) groups excluding carboxylic acids is 1. The molecule has 162 valence electrons. The molecule has 31 heavy (non-hydrogen) atoms. The second kappa shape index (κ2) is 8.58. The number of hydrogen-bond donors (Lipinski definition) is 1. The van der Waals surface area contributed by atoms with Gasteiger partial charge in [0, 0.05) is 35.2 Å². The summed E-state index contributed by atoms with van der Waals surface area (Å²) in [6.07, 6.45) is 5.77. The van der Waals surface area contributed by atoms with Crippen LogP contribution in [-0.4, -0.2) is 45.7 Å². The monoisotopic (exact) mass is 503 g/mol. The minimum Gasteiger partial charge on any atom is -0.454 e. The highest BCUT2D eigenvalue weighted by Gasteiger charge is 2.22. The number of benzene rings is 1. The second-order valence-electron chi connectivity index (χ2n) is 7.72. The molecule has 0 spiro atoms. The van der Waals surface area contributed by atoms with Crippen LogP contribution in [0.1, 0.15) is 19.3 Å². The Balaban J connectivity index is 1.43. The predicted octanol–water partition coefficient (Wildman–Crippen LogP) is 3.91. The quantitative estimate of drug-likeness (QED) is 0.509. The number of ether oxygens (including phenoxy) is 2. The van der Waals surface area contributed by atoms with Crippen LogP contribution >= 0.6 is 27.7 Å². The van der Waals surface area contributed by atoms with Gasteiger partial charge in [0.1, 0.15) is 5.52 Å². The number of aryl methyl sites for hydroxylation is 1. The van der Waals surface area contributed by atoms with E-state index in [1.165, 1.54) is 0 Å². The summed E-state index contributed by atoms with van der Waals surface area (Å²) in [5.41, 5.74) is 7.83. The molecule has 2 N–H and O–H groups in total. The van der Waals surface area contributed by atoms with Crippen LogP contribution in [0.15, 0.2) is 38.9 Å². The van der Waals surface area contributed by atoms with Crippen LogP contribution in [0.4, 0.5) is 5.82 Å². The number of aromatic nitrogens is 3. The lowest BCUT2D eigenvalue weighted by atomic mass is 9.94. The van der Waals surface area contributed by atoms with Crippen molar-refractivity contribution in [3.8, 4) is 11.5 Å². The highest BCUT2D eigenvalue weighted by atomic mass is 79.9. The molecule has 0 aliphatic carbocycles. The topological polar surface area (TPSA) is 95.5 Å². The summed E-state index contributed by atoms with van der Waals surface area (Å²) in [5, 5.41) is 0.861. The molecule has 0 radical (unpaired) electrons. The molecule has 1 aromatic carbocycles. The Labute approximate surface area is 192 Å². The van der Waals surface area contributed by atoms with Crippen LogP contribution < -0.4 is 15.2 Å². The lowest BCUT2D eigenvalue weighted by Gasteiger charge is -2.29. The minimum absolute atomic E-state index is 0.236. The average Bonchev–Trinajstić information content (AvgIpc) is 3.37. The summed E-state index contributed by atoms with van der Waals surface area (Å²) in [7, 11) is 0. The van der Waals surface area contributed by atoms with E-state index in [2.05, 4.69) is 25.5 Å². The first-order chi connectivity index (χ1) is 15.1. The van der Waals surface area contributed by atoms with Crippen LogP contribution in [0.3, 0.4) is 0 Å². The maximum Gasteiger partial charge on any atom is 0.231 e. The lowest BCUT2D eigenvalue weighted by molar-refractivity contribution is -0.119. The van der Waals surface area contributed by atoms with Gasteiger partial charge >= 0.3 is 0 Å². The summed E-state index contributed by atoms with van der Waals surface area (Å²) < 4.78 is 14.2. The Morgan fingerprint density at radius 2 is 2.03 bits per heavy atom. The third-order valence-electron chi connectivity index (χ3n) is 5.85. The number of rotatable bonds is 6. The Morgan fingerprint density at radius 1 is 1.26 bits per heavy atom. The van der Waals surface area contributed by atoms with Gasteiger partial charge in [0.15, 0.2) is 22.5 Å². The van der Waals surface area contributed by atoms with Crippen molar-refractivity contribution in [2.24, 2.45) is 5.92 Å². The molecule has 1 saturated heterocycles. The van der Waals surface area contributed by atoms with Crippen LogP contribution in [0, 0.1) is 5.92 Å². The third kappa shape index (κ3) is 4.06. The molecule has 5 rings (SSSR count). The number of anilines is 1. The van der Waals surface area contributed by atoms with E-state index in [9.17, 15) is 4.79 Å². The fourth-order valence-electron chi connectivity index (χ4n) is 4.08. The van der Waals surface area contributed by atoms with Crippen LogP contribution in [0.2, 0.25) is 0 Å². The fourth-order valence-corrected chi connectivity index (χ4v) is 5.60. The van der Waals surface area contributed by atoms with E-state index in [4.69, 9.17) is 20.2 Å². The van der Waals surface area contributed by atoms with E-state index in [0.717, 1.165) is 82.4 Å². The SMILES string of the molecule is Nc1nccc2c1nc(Sc1cc3c(cc1Br)OCO3)n2CCC1CCN(C=O)CC1. The van der Waals surface area contributed by atoms with Gasteiger partial charge in [-0.3, -0.25) is 4.79 Å². The van der Waals surface area contributed by atoms with Crippen molar-refractivity contribution < 1.29 is 14.3 Å². The molecule has 4 heterocycles. The van der Waals surface area contributed by atoms with Gasteiger partial charge in [0.2, 0.25) is 13.2 Å². The number of likely N-dealkylation sites (tertiary alicyclic amines) is 1. The maximum atomic E-state index is 11.0. The van der Waals surface area contributed by atoms with E-state index < -0.39 is 0 Å². The number of halogens is 1. The third-order valence-corrected chi connectivity index (χ3v) is 7.82. The first-order valence-corrected chi connectivity index (χ1v) is 11.8. The maximum absolute atomic E-state index is 11.0. The second-order valence-corrected chi connectivity index (χ2v) is 9.58. The number of carbonyl (C=O) groups is 1. The molecule has 2 aliphatic heterocycles. The van der Waals surface area contributed by atoms with Gasteiger partial charge in [0.25, 0.3) is 0 Å². The van der Waals surface area contributed by atoms with E-state index in [1.807, 2.05) is 23.1 Å². The standard InChI is InChI=1S/C21H22BrN5O3S/c22-14-9-16-17(30-12-29-16)10-18(14)31-21-25-19-15(1-5-24-20(19)23)27(21)8-4-13-2-6-26(11-28)7-3-13/h1,5,9-11,13H,2-4,6-8,12H2,(H2,23,24). The van der Waals surface area contributed by atoms with Gasteiger partial charge in [-0.25, -0.2) is 9.97 Å². The zero-order valence-corrected chi connectivity index (χ0v) is 19.2. The molecular weight excluding hydrogens is 482 g/mol. The van der Waals surface area contributed by atoms with Crippen molar-refractivity contribution in [1.82, 2.24) is 19.4 Å². The highest BCUT2D eigenvalue weighted by Crippen LogP contribution is 2.43. The Hall–Kier alpha value is -2.46. The van der Waals surface area contributed by atoms with E-state index >= 15 is 0 Å². The smallest absolute Gasteiger partial charge is 0.231 e. The van der Waals surface area contributed by atoms with Gasteiger partial charge in [-0.1, -0.05) is 11.8 Å². The molecule has 8 nitrogen and oxygen atoms in total. The fraction of sp³-hybridized carbons (Fsp3) is 0.381. The molecule has 1 amide bonds. The summed E-state index contributed by atoms with van der Waals surface area (Å²) in [5.74, 6) is 2.49. The van der Waals surface area contributed by atoms with Crippen LogP contribution in [-0.2, 0) is 11.3 Å². The Kier molecular flexibility index (Phi) is 5.66. The molecule has 2 aromatic heterocycles. The largest absolute Gasteiger partial charge is 0.454 e. The number of fused-ring (bicyclic) bond motifs is 2. The van der Waals surface area contributed by atoms with Crippen LogP contribution in [0.5, 0.6) is 11.5 Å². The van der Waals surface area contributed by atoms with Gasteiger partial charge in [-0.05, 0) is 59.3 Å². The number of piperidine rings is 1. The van der Waals surface area contributed by atoms with Gasteiger partial charge in [-0.2, -0.15) is 0 Å². The van der Waals surface area contributed by atoms with Gasteiger partial charge in [0.05, 0.1) is 5.52 Å². The first kappa shape index (κ1) is 20.4.